The maximum absolute atomic E-state index is 13.4. The molecule has 3 heterocycles. The van der Waals surface area contributed by atoms with Gasteiger partial charge in [0.15, 0.2) is 11.0 Å². The molecule has 5 rings (SSSR count). The van der Waals surface area contributed by atoms with Gasteiger partial charge in [-0.2, -0.15) is 0 Å². The Bertz CT molecular complexity index is 1450. The molecule has 0 radical (unpaired) electrons. The first-order chi connectivity index (χ1) is 19.0. The van der Waals surface area contributed by atoms with Crippen molar-refractivity contribution < 1.29 is 65.0 Å². The average molecular weight is 564 g/mol. The average Bonchev–Trinajstić information content (AvgIpc) is 2.92. The lowest BCUT2D eigenvalue weighted by atomic mass is 9.85. The summed E-state index contributed by atoms with van der Waals surface area (Å²) in [6, 6.07) is 6.50. The molecule has 1 aromatic heterocycles. The molecule has 0 amide bonds. The van der Waals surface area contributed by atoms with Gasteiger partial charge in [0.2, 0.25) is 0 Å². The summed E-state index contributed by atoms with van der Waals surface area (Å²) in [4.78, 5) is 13.4. The second-order valence-electron chi connectivity index (χ2n) is 9.80. The Kier molecular flexibility index (Phi) is 7.47. The molecule has 216 valence electrons. The zero-order valence-electron chi connectivity index (χ0n) is 20.6. The first-order valence-electron chi connectivity index (χ1n) is 12.3. The Hall–Kier alpha value is -3.31. The van der Waals surface area contributed by atoms with Crippen LogP contribution in [0.25, 0.3) is 22.3 Å². The summed E-state index contributed by atoms with van der Waals surface area (Å²) < 4.78 is 16.9. The Morgan fingerprint density at radius 3 is 2.08 bits per heavy atom. The SMILES string of the molecule is O=c1cc(-c2ccc(O)cc2)oc2c([C@H]3OC[C@H](O)[C@H](O)[C@@H]3O)c(O)c([C@H]3O[C@@H](CO)[C@@H](O)[C@@H](O)[C@@H]3O)c(O)c12. The normalized spacial score (nSPS) is 32.8. The van der Waals surface area contributed by atoms with E-state index in [1.54, 1.807) is 0 Å². The molecule has 9 atom stereocenters. The van der Waals surface area contributed by atoms with Crippen molar-refractivity contribution in [2.75, 3.05) is 13.2 Å². The molecule has 2 fully saturated rings. The van der Waals surface area contributed by atoms with E-state index in [2.05, 4.69) is 0 Å². The molecule has 2 aliphatic heterocycles. The number of fused-ring (bicyclic) bond motifs is 1. The van der Waals surface area contributed by atoms with Crippen LogP contribution in [-0.4, -0.2) is 107 Å². The fourth-order valence-electron chi connectivity index (χ4n) is 5.11. The van der Waals surface area contributed by atoms with Gasteiger partial charge in [0, 0.05) is 11.6 Å². The van der Waals surface area contributed by atoms with Gasteiger partial charge >= 0.3 is 0 Å². The smallest absolute Gasteiger partial charge is 0.197 e. The van der Waals surface area contributed by atoms with E-state index in [1.807, 2.05) is 0 Å². The Morgan fingerprint density at radius 1 is 0.775 bits per heavy atom. The van der Waals surface area contributed by atoms with Gasteiger partial charge in [-0.25, -0.2) is 0 Å². The van der Waals surface area contributed by atoms with E-state index in [4.69, 9.17) is 13.9 Å². The van der Waals surface area contributed by atoms with E-state index in [1.165, 1.54) is 24.3 Å². The highest BCUT2D eigenvalue weighted by molar-refractivity contribution is 5.92. The predicted octanol–water partition coefficient (Wildman–Crippen LogP) is -1.75. The van der Waals surface area contributed by atoms with Gasteiger partial charge in [0.25, 0.3) is 0 Å². The summed E-state index contributed by atoms with van der Waals surface area (Å²) in [5, 5.41) is 104. The minimum atomic E-state index is -1.98. The molecule has 0 spiro atoms. The lowest BCUT2D eigenvalue weighted by molar-refractivity contribution is -0.232. The van der Waals surface area contributed by atoms with E-state index in [0.717, 1.165) is 6.07 Å². The molecule has 0 bridgehead atoms. The lowest BCUT2D eigenvalue weighted by Crippen LogP contribution is -2.55. The maximum atomic E-state index is 13.4. The number of rotatable bonds is 4. The van der Waals surface area contributed by atoms with E-state index >= 15 is 0 Å². The largest absolute Gasteiger partial charge is 0.508 e. The number of ether oxygens (including phenoxy) is 2. The van der Waals surface area contributed by atoms with Gasteiger partial charge in [0.05, 0.1) is 24.3 Å². The Balaban J connectivity index is 1.80. The van der Waals surface area contributed by atoms with Gasteiger partial charge in [-0.1, -0.05) is 0 Å². The van der Waals surface area contributed by atoms with Crippen molar-refractivity contribution in [1.29, 1.82) is 0 Å². The van der Waals surface area contributed by atoms with Crippen molar-refractivity contribution in [3.05, 3.63) is 51.7 Å². The van der Waals surface area contributed by atoms with Crippen LogP contribution in [0.15, 0.2) is 39.5 Å². The highest BCUT2D eigenvalue weighted by Gasteiger charge is 2.48. The third kappa shape index (κ3) is 4.49. The number of aliphatic hydroxyl groups is 7. The fourth-order valence-corrected chi connectivity index (χ4v) is 5.11. The Morgan fingerprint density at radius 2 is 1.43 bits per heavy atom. The highest BCUT2D eigenvalue weighted by atomic mass is 16.5. The van der Waals surface area contributed by atoms with Crippen LogP contribution in [0.5, 0.6) is 17.2 Å². The van der Waals surface area contributed by atoms with Gasteiger partial charge < -0.3 is 65.0 Å². The van der Waals surface area contributed by atoms with E-state index in [0.29, 0.717) is 5.56 Å². The van der Waals surface area contributed by atoms with Crippen LogP contribution < -0.4 is 5.43 Å². The quantitative estimate of drug-likeness (QED) is 0.169. The van der Waals surface area contributed by atoms with E-state index in [-0.39, 0.29) is 11.5 Å². The second kappa shape index (κ2) is 10.6. The number of phenols is 3. The summed E-state index contributed by atoms with van der Waals surface area (Å²) in [5.41, 5.74) is -2.15. The van der Waals surface area contributed by atoms with Crippen LogP contribution in [0.4, 0.5) is 0 Å². The maximum Gasteiger partial charge on any atom is 0.197 e. The second-order valence-corrected chi connectivity index (χ2v) is 9.80. The Labute approximate surface area is 224 Å². The molecule has 3 aromatic rings. The summed E-state index contributed by atoms with van der Waals surface area (Å²) in [5.74, 6) is -2.01. The molecule has 2 saturated heterocycles. The number of aliphatic hydroxyl groups excluding tert-OH is 7. The molecular formula is C26H28O14. The van der Waals surface area contributed by atoms with E-state index < -0.39 is 107 Å². The van der Waals surface area contributed by atoms with Crippen LogP contribution >= 0.6 is 0 Å². The molecule has 14 nitrogen and oxygen atoms in total. The van der Waals surface area contributed by atoms with Crippen LogP contribution in [0, 0.1) is 0 Å². The van der Waals surface area contributed by atoms with Gasteiger partial charge in [-0.05, 0) is 24.3 Å². The minimum absolute atomic E-state index is 0.0710. The number of hydrogen-bond donors (Lipinski definition) is 10. The standard InChI is InChI=1S/C26H28O14/c27-6-13-18(32)21(35)23(37)26(40-13)15-19(33)14-10(29)5-12(8-1-3-9(28)4-2-8)39-24(14)16(20(15)34)25-22(36)17(31)11(30)7-38-25/h1-5,11,13,17-18,21-23,25-28,30-37H,6-7H2/t11-,13-,17-,18+,21+,22-,23-,25+,26+/m0/s1. The first-order valence-corrected chi connectivity index (χ1v) is 12.3. The molecule has 0 aliphatic carbocycles. The summed E-state index contributed by atoms with van der Waals surface area (Å²) in [6.45, 7) is -1.34. The van der Waals surface area contributed by atoms with Gasteiger partial charge in [-0.15, -0.1) is 0 Å². The minimum Gasteiger partial charge on any atom is -0.508 e. The zero-order chi connectivity index (χ0) is 29.0. The first kappa shape index (κ1) is 28.2. The zero-order valence-corrected chi connectivity index (χ0v) is 20.6. The van der Waals surface area contributed by atoms with Crippen LogP contribution in [0.1, 0.15) is 23.3 Å². The number of aromatic hydroxyl groups is 3. The van der Waals surface area contributed by atoms with Gasteiger partial charge in [0.1, 0.15) is 83.3 Å². The molecule has 40 heavy (non-hydrogen) atoms. The third-order valence-electron chi connectivity index (χ3n) is 7.31. The molecular weight excluding hydrogens is 536 g/mol. The van der Waals surface area contributed by atoms with Gasteiger partial charge in [-0.3, -0.25) is 4.79 Å². The number of benzene rings is 2. The summed E-state index contributed by atoms with van der Waals surface area (Å²) in [7, 11) is 0. The molecule has 2 aromatic carbocycles. The molecule has 2 aliphatic rings. The molecule has 14 heteroatoms. The lowest BCUT2D eigenvalue weighted by Gasteiger charge is -2.41. The third-order valence-corrected chi connectivity index (χ3v) is 7.31. The predicted molar refractivity (Wildman–Crippen MR) is 132 cm³/mol. The molecule has 0 saturated carbocycles. The van der Waals surface area contributed by atoms with E-state index in [9.17, 15) is 55.9 Å². The number of hydrogen-bond acceptors (Lipinski definition) is 14. The monoisotopic (exact) mass is 564 g/mol. The van der Waals surface area contributed by atoms with Crippen LogP contribution in [0.2, 0.25) is 0 Å². The molecule has 0 unspecified atom stereocenters. The topological polar surface area (TPSA) is 251 Å². The van der Waals surface area contributed by atoms with Crippen molar-refractivity contribution in [3.8, 4) is 28.6 Å². The van der Waals surface area contributed by atoms with Crippen molar-refractivity contribution in [2.45, 2.75) is 54.9 Å². The van der Waals surface area contributed by atoms with Crippen molar-refractivity contribution in [2.24, 2.45) is 0 Å². The van der Waals surface area contributed by atoms with Crippen molar-refractivity contribution in [3.63, 3.8) is 0 Å². The summed E-state index contributed by atoms with van der Waals surface area (Å²) in [6.07, 6.45) is -15.7. The van der Waals surface area contributed by atoms with Crippen molar-refractivity contribution in [1.82, 2.24) is 0 Å². The van der Waals surface area contributed by atoms with Crippen LogP contribution in [0.3, 0.4) is 0 Å². The summed E-state index contributed by atoms with van der Waals surface area (Å²) >= 11 is 0. The van der Waals surface area contributed by atoms with Crippen molar-refractivity contribution >= 4 is 11.0 Å². The molecule has 10 N–H and O–H groups in total. The van der Waals surface area contributed by atoms with Crippen LogP contribution in [-0.2, 0) is 9.47 Å². The number of phenolic OH excluding ortho intramolecular Hbond substituents is 3. The fraction of sp³-hybridized carbons (Fsp3) is 0.423. The highest BCUT2D eigenvalue weighted by Crippen LogP contribution is 2.50.